The molecule has 4 aliphatic carbocycles. The predicted molar refractivity (Wildman–Crippen MR) is 92.3 cm³/mol. The fraction of sp³-hybridized carbons (Fsp3) is 0.810. The van der Waals surface area contributed by atoms with Crippen LogP contribution in [0.1, 0.15) is 65.7 Å². The lowest BCUT2D eigenvalue weighted by molar-refractivity contribution is -0.190. The molecule has 4 aliphatic rings. The summed E-state index contributed by atoms with van der Waals surface area (Å²) in [6.07, 6.45) is 9.98. The van der Waals surface area contributed by atoms with E-state index in [0.717, 1.165) is 32.1 Å². The van der Waals surface area contributed by atoms with Crippen LogP contribution >= 0.6 is 0 Å². The third-order valence-corrected chi connectivity index (χ3v) is 8.55. The Balaban J connectivity index is 1.75. The molecule has 0 spiro atoms. The van der Waals surface area contributed by atoms with Gasteiger partial charge in [-0.3, -0.25) is 9.59 Å². The summed E-state index contributed by atoms with van der Waals surface area (Å²) in [4.78, 5) is 25.5. The monoisotopic (exact) mass is 330 g/mol. The Bertz CT molecular complexity index is 623. The summed E-state index contributed by atoms with van der Waals surface area (Å²) >= 11 is 0. The van der Waals surface area contributed by atoms with Gasteiger partial charge < -0.3 is 5.11 Å². The lowest BCUT2D eigenvalue weighted by Crippen LogP contribution is -2.63. The number of ketones is 2. The molecule has 0 heterocycles. The highest BCUT2D eigenvalue weighted by Gasteiger charge is 2.66. The van der Waals surface area contributed by atoms with E-state index < -0.39 is 5.60 Å². The number of Topliss-reactive ketones (excluding diaryl/α,β-unsaturated/α-hetero) is 2. The fourth-order valence-electron chi connectivity index (χ4n) is 7.28. The van der Waals surface area contributed by atoms with Gasteiger partial charge >= 0.3 is 0 Å². The summed E-state index contributed by atoms with van der Waals surface area (Å²) in [6, 6.07) is 0. The maximum Gasteiger partial charge on any atom is 0.137 e. The molecule has 0 radical (unpaired) electrons. The summed E-state index contributed by atoms with van der Waals surface area (Å²) in [5, 5.41) is 11.3. The van der Waals surface area contributed by atoms with Crippen LogP contribution in [0.25, 0.3) is 0 Å². The standard InChI is InChI=1S/C21H30O3/c1-13(22)15-6-7-16-14-8-11-21(24)10-5-4-9-20(21,3)18(14)17(23)12-19(15,16)2/h4-5,14-16,18,24H,6-12H2,1-3H3/t14-,15+,16-,18+,19+,20+,21?/m0/s1. The van der Waals surface area contributed by atoms with Gasteiger partial charge in [0.15, 0.2) is 0 Å². The molecular formula is C21H30O3. The molecule has 1 unspecified atom stereocenters. The van der Waals surface area contributed by atoms with Crippen molar-refractivity contribution in [2.45, 2.75) is 71.3 Å². The smallest absolute Gasteiger partial charge is 0.137 e. The van der Waals surface area contributed by atoms with Crippen molar-refractivity contribution in [3.05, 3.63) is 12.2 Å². The molecule has 0 aromatic heterocycles. The van der Waals surface area contributed by atoms with E-state index in [1.165, 1.54) is 0 Å². The number of carbonyl (C=O) groups is 2. The number of hydrogen-bond donors (Lipinski definition) is 1. The molecule has 7 atom stereocenters. The second-order valence-electron chi connectivity index (χ2n) is 9.50. The first-order valence-corrected chi connectivity index (χ1v) is 9.63. The van der Waals surface area contributed by atoms with Gasteiger partial charge in [0.25, 0.3) is 0 Å². The Morgan fingerprint density at radius 2 is 1.88 bits per heavy atom. The summed E-state index contributed by atoms with van der Waals surface area (Å²) in [5.41, 5.74) is -1.22. The van der Waals surface area contributed by atoms with Crippen molar-refractivity contribution in [1.82, 2.24) is 0 Å². The molecule has 3 saturated carbocycles. The van der Waals surface area contributed by atoms with E-state index in [9.17, 15) is 14.7 Å². The van der Waals surface area contributed by atoms with Crippen molar-refractivity contribution in [3.8, 4) is 0 Å². The molecule has 24 heavy (non-hydrogen) atoms. The topological polar surface area (TPSA) is 54.4 Å². The molecule has 0 amide bonds. The summed E-state index contributed by atoms with van der Waals surface area (Å²) in [5.74, 6) is 1.38. The van der Waals surface area contributed by atoms with Crippen LogP contribution in [-0.4, -0.2) is 22.3 Å². The van der Waals surface area contributed by atoms with Gasteiger partial charge in [0.05, 0.1) is 5.60 Å². The lowest BCUT2D eigenvalue weighted by Gasteiger charge is -2.61. The normalized spacial score (nSPS) is 53.2. The summed E-state index contributed by atoms with van der Waals surface area (Å²) < 4.78 is 0. The van der Waals surface area contributed by atoms with Gasteiger partial charge in [0.1, 0.15) is 11.6 Å². The molecule has 132 valence electrons. The van der Waals surface area contributed by atoms with Crippen LogP contribution in [0.5, 0.6) is 0 Å². The first kappa shape index (κ1) is 16.5. The van der Waals surface area contributed by atoms with Crippen LogP contribution < -0.4 is 0 Å². The van der Waals surface area contributed by atoms with Gasteiger partial charge in [-0.05, 0) is 62.7 Å². The molecule has 3 nitrogen and oxygen atoms in total. The van der Waals surface area contributed by atoms with Gasteiger partial charge in [-0.1, -0.05) is 26.0 Å². The Labute approximate surface area is 144 Å². The number of rotatable bonds is 1. The molecule has 3 heteroatoms. The van der Waals surface area contributed by atoms with Gasteiger partial charge in [-0.2, -0.15) is 0 Å². The zero-order valence-corrected chi connectivity index (χ0v) is 15.2. The minimum atomic E-state index is -0.731. The lowest BCUT2D eigenvalue weighted by atomic mass is 9.43. The number of aliphatic hydroxyl groups is 1. The minimum Gasteiger partial charge on any atom is -0.389 e. The third kappa shape index (κ3) is 1.88. The van der Waals surface area contributed by atoms with Crippen molar-refractivity contribution >= 4 is 11.6 Å². The number of fused-ring (bicyclic) bond motifs is 5. The molecule has 0 aliphatic heterocycles. The van der Waals surface area contributed by atoms with Crippen molar-refractivity contribution in [3.63, 3.8) is 0 Å². The quantitative estimate of drug-likeness (QED) is 0.746. The molecule has 0 bridgehead atoms. The Morgan fingerprint density at radius 1 is 1.17 bits per heavy atom. The van der Waals surface area contributed by atoms with E-state index in [1.807, 2.05) is 0 Å². The largest absolute Gasteiger partial charge is 0.389 e. The van der Waals surface area contributed by atoms with E-state index in [-0.39, 0.29) is 28.4 Å². The van der Waals surface area contributed by atoms with Crippen LogP contribution in [0.2, 0.25) is 0 Å². The first-order chi connectivity index (χ1) is 11.2. The first-order valence-electron chi connectivity index (χ1n) is 9.63. The van der Waals surface area contributed by atoms with E-state index >= 15 is 0 Å². The van der Waals surface area contributed by atoms with E-state index in [1.54, 1.807) is 6.92 Å². The minimum absolute atomic E-state index is 0.0371. The maximum atomic E-state index is 13.3. The van der Waals surface area contributed by atoms with Crippen molar-refractivity contribution in [2.75, 3.05) is 0 Å². The van der Waals surface area contributed by atoms with E-state index in [4.69, 9.17) is 0 Å². The highest BCUT2D eigenvalue weighted by Crippen LogP contribution is 2.66. The SMILES string of the molecule is CC(=O)[C@H]1CC[C@H]2[C@@H]3CCC4(O)CC=CC[C@]4(C)[C@H]3C(=O)C[C@]12C. The molecule has 4 rings (SSSR count). The Kier molecular flexibility index (Phi) is 3.46. The fourth-order valence-corrected chi connectivity index (χ4v) is 7.28. The summed E-state index contributed by atoms with van der Waals surface area (Å²) in [6.45, 7) is 6.03. The van der Waals surface area contributed by atoms with Gasteiger partial charge in [-0.25, -0.2) is 0 Å². The molecule has 0 saturated heterocycles. The molecule has 1 N–H and O–H groups in total. The second kappa shape index (κ2) is 5.03. The highest BCUT2D eigenvalue weighted by molar-refractivity contribution is 5.87. The number of allylic oxidation sites excluding steroid dienone is 1. The highest BCUT2D eigenvalue weighted by atomic mass is 16.3. The number of carbonyl (C=O) groups excluding carboxylic acids is 2. The zero-order valence-electron chi connectivity index (χ0n) is 15.2. The van der Waals surface area contributed by atoms with Gasteiger partial charge in [0, 0.05) is 23.7 Å². The van der Waals surface area contributed by atoms with Crippen LogP contribution in [-0.2, 0) is 9.59 Å². The van der Waals surface area contributed by atoms with Crippen LogP contribution in [0, 0.1) is 34.5 Å². The van der Waals surface area contributed by atoms with Gasteiger partial charge in [0.2, 0.25) is 0 Å². The molecule has 0 aromatic carbocycles. The van der Waals surface area contributed by atoms with E-state index in [0.29, 0.717) is 30.5 Å². The van der Waals surface area contributed by atoms with Crippen LogP contribution in [0.3, 0.4) is 0 Å². The average molecular weight is 330 g/mol. The molecule has 0 aromatic rings. The molecule has 3 fully saturated rings. The van der Waals surface area contributed by atoms with E-state index in [2.05, 4.69) is 26.0 Å². The van der Waals surface area contributed by atoms with Crippen molar-refractivity contribution in [1.29, 1.82) is 0 Å². The Morgan fingerprint density at radius 3 is 2.58 bits per heavy atom. The van der Waals surface area contributed by atoms with Crippen LogP contribution in [0.4, 0.5) is 0 Å². The number of hydrogen-bond acceptors (Lipinski definition) is 3. The molecular weight excluding hydrogens is 300 g/mol. The summed E-state index contributed by atoms with van der Waals surface area (Å²) in [7, 11) is 0. The average Bonchev–Trinajstić information content (AvgIpc) is 2.84. The maximum absolute atomic E-state index is 13.3. The van der Waals surface area contributed by atoms with Gasteiger partial charge in [-0.15, -0.1) is 0 Å². The Hall–Kier alpha value is -0.960. The predicted octanol–water partition coefficient (Wildman–Crippen LogP) is 3.69. The third-order valence-electron chi connectivity index (χ3n) is 8.55. The van der Waals surface area contributed by atoms with Crippen molar-refractivity contribution in [2.24, 2.45) is 34.5 Å². The van der Waals surface area contributed by atoms with Crippen molar-refractivity contribution < 1.29 is 14.7 Å². The second-order valence-corrected chi connectivity index (χ2v) is 9.50. The zero-order chi connectivity index (χ0) is 17.3. The van der Waals surface area contributed by atoms with Crippen LogP contribution in [0.15, 0.2) is 12.2 Å².